The highest BCUT2D eigenvalue weighted by molar-refractivity contribution is 7.80. The molecule has 0 radical (unpaired) electrons. The topological polar surface area (TPSA) is 66.0 Å². The van der Waals surface area contributed by atoms with E-state index in [1.807, 2.05) is 12.3 Å². The number of carbonyl (C=O) groups excluding carboxylic acids is 1. The summed E-state index contributed by atoms with van der Waals surface area (Å²) in [4.78, 5) is 15.7. The quantitative estimate of drug-likeness (QED) is 0.556. The second-order valence-electron chi connectivity index (χ2n) is 3.96. The van der Waals surface area contributed by atoms with Crippen LogP contribution in [0.5, 0.6) is 0 Å². The molecule has 1 aromatic heterocycles. The Morgan fingerprint density at radius 3 is 2.94 bits per heavy atom. The molecule has 0 unspecified atom stereocenters. The largest absolute Gasteiger partial charge is 0.359 e. The van der Waals surface area contributed by atoms with Crippen molar-refractivity contribution in [2.24, 2.45) is 0 Å². The van der Waals surface area contributed by atoms with Crippen molar-refractivity contribution < 1.29 is 4.79 Å². The van der Waals surface area contributed by atoms with E-state index >= 15 is 0 Å². The van der Waals surface area contributed by atoms with Crippen LogP contribution in [-0.4, -0.2) is 22.0 Å². The molecule has 1 aliphatic carbocycles. The Balaban J connectivity index is 1.68. The van der Waals surface area contributed by atoms with Crippen molar-refractivity contribution in [3.05, 3.63) is 16.1 Å². The van der Waals surface area contributed by atoms with E-state index < -0.39 is 0 Å². The van der Waals surface area contributed by atoms with Gasteiger partial charge in [-0.25, -0.2) is 4.98 Å². The molecule has 0 saturated heterocycles. The highest BCUT2D eigenvalue weighted by Crippen LogP contribution is 2.18. The number of aryl methyl sites for hydroxylation is 1. The lowest BCUT2D eigenvalue weighted by Gasteiger charge is -2.10. The number of hydrogen-bond donors (Lipinski definition) is 3. The summed E-state index contributed by atoms with van der Waals surface area (Å²) in [6.45, 7) is 1.92. The first-order valence-corrected chi connectivity index (χ1v) is 6.68. The third kappa shape index (κ3) is 4.27. The van der Waals surface area contributed by atoms with Crippen LogP contribution in [0.3, 0.4) is 0 Å². The van der Waals surface area contributed by atoms with Gasteiger partial charge < -0.3 is 5.32 Å². The van der Waals surface area contributed by atoms with Gasteiger partial charge in [0, 0.05) is 11.4 Å². The summed E-state index contributed by atoms with van der Waals surface area (Å²) in [6.07, 6.45) is 2.56. The zero-order valence-electron chi connectivity index (χ0n) is 9.45. The molecule has 1 aliphatic rings. The average molecular weight is 270 g/mol. The van der Waals surface area contributed by atoms with Crippen LogP contribution >= 0.6 is 23.6 Å². The van der Waals surface area contributed by atoms with Crippen LogP contribution in [0.1, 0.15) is 23.5 Å². The maximum atomic E-state index is 11.5. The smallest absolute Gasteiger partial charge is 0.244 e. The van der Waals surface area contributed by atoms with Gasteiger partial charge in [0.1, 0.15) is 0 Å². The average Bonchev–Trinajstić information content (AvgIpc) is 2.99. The fourth-order valence-corrected chi connectivity index (χ4v) is 2.10. The second-order valence-corrected chi connectivity index (χ2v) is 5.43. The number of hydrazine groups is 1. The van der Waals surface area contributed by atoms with Crippen molar-refractivity contribution in [3.63, 3.8) is 0 Å². The molecule has 7 heteroatoms. The predicted octanol–water partition coefficient (Wildman–Crippen LogP) is 0.652. The summed E-state index contributed by atoms with van der Waals surface area (Å²) in [6, 6.07) is 0.480. The zero-order valence-corrected chi connectivity index (χ0v) is 11.1. The van der Waals surface area contributed by atoms with E-state index in [1.165, 1.54) is 11.3 Å². The number of thiocarbonyl (C=S) groups is 1. The maximum absolute atomic E-state index is 11.5. The molecule has 3 N–H and O–H groups in total. The van der Waals surface area contributed by atoms with Gasteiger partial charge >= 0.3 is 0 Å². The molecule has 0 aromatic carbocycles. The minimum absolute atomic E-state index is 0.143. The van der Waals surface area contributed by atoms with Gasteiger partial charge in [0.05, 0.1) is 17.1 Å². The van der Waals surface area contributed by atoms with E-state index in [0.29, 0.717) is 11.2 Å². The first-order valence-electron chi connectivity index (χ1n) is 5.40. The van der Waals surface area contributed by atoms with Crippen molar-refractivity contribution in [3.8, 4) is 0 Å². The Labute approximate surface area is 109 Å². The van der Waals surface area contributed by atoms with Crippen LogP contribution in [0.15, 0.2) is 5.38 Å². The molecule has 1 amide bonds. The molecule has 0 aliphatic heterocycles. The third-order valence-corrected chi connectivity index (χ3v) is 3.28. The summed E-state index contributed by atoms with van der Waals surface area (Å²) in [5.41, 5.74) is 6.01. The molecular formula is C10H14N4OS2. The standard InChI is InChI=1S/C10H14N4OS2/c1-6-11-8(5-17-6)4-9(15)13-14-10(16)12-7-2-3-7/h5,7H,2-4H2,1H3,(H,13,15)(H2,12,14,16). The number of aromatic nitrogens is 1. The van der Waals surface area contributed by atoms with Crippen molar-refractivity contribution in [2.45, 2.75) is 32.2 Å². The lowest BCUT2D eigenvalue weighted by atomic mass is 10.3. The highest BCUT2D eigenvalue weighted by atomic mass is 32.1. The maximum Gasteiger partial charge on any atom is 0.244 e. The molecule has 1 heterocycles. The first-order chi connectivity index (χ1) is 8.13. The van der Waals surface area contributed by atoms with Gasteiger partial charge in [-0.05, 0) is 32.0 Å². The van der Waals surface area contributed by atoms with Crippen molar-refractivity contribution in [1.29, 1.82) is 0 Å². The van der Waals surface area contributed by atoms with Gasteiger partial charge in [0.2, 0.25) is 5.91 Å². The molecule has 1 saturated carbocycles. The van der Waals surface area contributed by atoms with Gasteiger partial charge in [-0.2, -0.15) is 0 Å². The van der Waals surface area contributed by atoms with Crippen LogP contribution < -0.4 is 16.2 Å². The molecule has 17 heavy (non-hydrogen) atoms. The molecule has 0 atom stereocenters. The van der Waals surface area contributed by atoms with Gasteiger partial charge in [-0.3, -0.25) is 15.6 Å². The Kier molecular flexibility index (Phi) is 3.90. The van der Waals surface area contributed by atoms with Crippen molar-refractivity contribution in [2.75, 3.05) is 0 Å². The van der Waals surface area contributed by atoms with E-state index in [1.54, 1.807) is 0 Å². The van der Waals surface area contributed by atoms with Crippen LogP contribution in [0, 0.1) is 6.92 Å². The minimum atomic E-state index is -0.143. The summed E-state index contributed by atoms with van der Waals surface area (Å²) in [5.74, 6) is -0.143. The fourth-order valence-electron chi connectivity index (χ4n) is 1.27. The number of carbonyl (C=O) groups is 1. The predicted molar refractivity (Wildman–Crippen MR) is 70.6 cm³/mol. The first kappa shape index (κ1) is 12.3. The number of nitrogens with zero attached hydrogens (tertiary/aromatic N) is 1. The number of rotatable bonds is 3. The van der Waals surface area contributed by atoms with Gasteiger partial charge in [-0.15, -0.1) is 11.3 Å². The van der Waals surface area contributed by atoms with E-state index in [0.717, 1.165) is 23.5 Å². The van der Waals surface area contributed by atoms with Gasteiger partial charge in [0.15, 0.2) is 5.11 Å². The van der Waals surface area contributed by atoms with E-state index in [9.17, 15) is 4.79 Å². The summed E-state index contributed by atoms with van der Waals surface area (Å²) >= 11 is 6.54. The van der Waals surface area contributed by atoms with Crippen molar-refractivity contribution >= 4 is 34.6 Å². The molecule has 1 fully saturated rings. The fraction of sp³-hybridized carbons (Fsp3) is 0.500. The molecule has 0 spiro atoms. The summed E-state index contributed by atoms with van der Waals surface area (Å²) in [5, 5.41) is 6.39. The van der Waals surface area contributed by atoms with Crippen LogP contribution in [0.25, 0.3) is 0 Å². The Morgan fingerprint density at radius 2 is 2.35 bits per heavy atom. The summed E-state index contributed by atoms with van der Waals surface area (Å²) in [7, 11) is 0. The van der Waals surface area contributed by atoms with Gasteiger partial charge in [-0.1, -0.05) is 0 Å². The number of hydrogen-bond acceptors (Lipinski definition) is 4. The molecule has 1 aromatic rings. The Hall–Kier alpha value is -1.21. The number of nitrogens with one attached hydrogen (secondary N) is 3. The molecule has 0 bridgehead atoms. The highest BCUT2D eigenvalue weighted by Gasteiger charge is 2.21. The van der Waals surface area contributed by atoms with E-state index in [4.69, 9.17) is 12.2 Å². The second kappa shape index (κ2) is 5.42. The molecule has 5 nitrogen and oxygen atoms in total. The van der Waals surface area contributed by atoms with Gasteiger partial charge in [0.25, 0.3) is 0 Å². The van der Waals surface area contributed by atoms with Crippen molar-refractivity contribution in [1.82, 2.24) is 21.2 Å². The molecular weight excluding hydrogens is 256 g/mol. The molecule has 92 valence electrons. The monoisotopic (exact) mass is 270 g/mol. The summed E-state index contributed by atoms with van der Waals surface area (Å²) < 4.78 is 0. The SMILES string of the molecule is Cc1nc(CC(=O)NNC(=S)NC2CC2)cs1. The number of thiazole rings is 1. The van der Waals surface area contributed by atoms with E-state index in [-0.39, 0.29) is 12.3 Å². The zero-order chi connectivity index (χ0) is 12.3. The normalized spacial score (nSPS) is 14.2. The van der Waals surface area contributed by atoms with Crippen LogP contribution in [0.4, 0.5) is 0 Å². The van der Waals surface area contributed by atoms with E-state index in [2.05, 4.69) is 21.2 Å². The minimum Gasteiger partial charge on any atom is -0.359 e. The lowest BCUT2D eigenvalue weighted by Crippen LogP contribution is -2.47. The third-order valence-electron chi connectivity index (χ3n) is 2.24. The Morgan fingerprint density at radius 1 is 1.59 bits per heavy atom. The Bertz CT molecular complexity index is 428. The van der Waals surface area contributed by atoms with Crippen LogP contribution in [-0.2, 0) is 11.2 Å². The molecule has 2 rings (SSSR count). The van der Waals surface area contributed by atoms with Crippen LogP contribution in [0.2, 0.25) is 0 Å². The lowest BCUT2D eigenvalue weighted by molar-refractivity contribution is -0.121. The number of amides is 1.